The Labute approximate surface area is 94.5 Å². The summed E-state index contributed by atoms with van der Waals surface area (Å²) in [7, 11) is 0. The number of morpholine rings is 1. The van der Waals surface area contributed by atoms with Crippen molar-refractivity contribution in [1.29, 1.82) is 0 Å². The van der Waals surface area contributed by atoms with Crippen molar-refractivity contribution in [1.82, 2.24) is 4.90 Å². The molecule has 3 fully saturated rings. The maximum Gasteiger partial charge on any atom is 0.491 e. The number of hydrogen-bond donors (Lipinski definition) is 0. The van der Waals surface area contributed by atoms with E-state index in [2.05, 4.69) is 4.74 Å². The van der Waals surface area contributed by atoms with Crippen molar-refractivity contribution in [3.8, 4) is 0 Å². The molecule has 2 atom stereocenters. The summed E-state index contributed by atoms with van der Waals surface area (Å²) in [6.07, 6.45) is -4.14. The van der Waals surface area contributed by atoms with Crippen LogP contribution in [-0.2, 0) is 19.1 Å². The molecule has 0 aromatic rings. The number of carbonyl (C=O) groups excluding carboxylic acids is 2. The summed E-state index contributed by atoms with van der Waals surface area (Å²) in [5.41, 5.74) is 0. The molecule has 0 spiro atoms. The van der Waals surface area contributed by atoms with E-state index in [9.17, 15) is 22.8 Å². The molecular formula is C9H10F3NO4. The minimum Gasteiger partial charge on any atom is -0.385 e. The van der Waals surface area contributed by atoms with Crippen LogP contribution in [0.3, 0.4) is 0 Å². The number of ether oxygens (including phenoxy) is 2. The standard InChI is InChI=1S/C9H10F3NO4/c10-9(11,12)8(15)17-7(14)4-13-2-5-1-6(3-13)16-5/h5-6H,1-4H2. The Morgan fingerprint density at radius 2 is 1.82 bits per heavy atom. The van der Waals surface area contributed by atoms with Gasteiger partial charge >= 0.3 is 18.1 Å². The van der Waals surface area contributed by atoms with Gasteiger partial charge in [-0.2, -0.15) is 13.2 Å². The highest BCUT2D eigenvalue weighted by atomic mass is 19.4. The monoisotopic (exact) mass is 253 g/mol. The van der Waals surface area contributed by atoms with Crippen LogP contribution in [0.25, 0.3) is 0 Å². The summed E-state index contributed by atoms with van der Waals surface area (Å²) in [6.45, 7) is 0.635. The third-order valence-corrected chi connectivity index (χ3v) is 2.63. The van der Waals surface area contributed by atoms with Crippen LogP contribution in [0, 0.1) is 0 Å². The van der Waals surface area contributed by atoms with Crippen LogP contribution in [0.2, 0.25) is 0 Å². The quantitative estimate of drug-likeness (QED) is 0.515. The first-order valence-corrected chi connectivity index (χ1v) is 5.04. The minimum absolute atomic E-state index is 0.0415. The second-order valence-corrected chi connectivity index (χ2v) is 4.07. The maximum atomic E-state index is 11.8. The zero-order chi connectivity index (χ0) is 12.6. The lowest BCUT2D eigenvalue weighted by atomic mass is 9.99. The lowest BCUT2D eigenvalue weighted by Gasteiger charge is -2.46. The van der Waals surface area contributed by atoms with E-state index in [0.29, 0.717) is 13.1 Å². The molecule has 0 saturated carbocycles. The first-order valence-electron chi connectivity index (χ1n) is 5.04. The van der Waals surface area contributed by atoms with E-state index < -0.39 is 18.1 Å². The molecule has 3 aliphatic heterocycles. The number of fused-ring (bicyclic) bond motifs is 2. The average Bonchev–Trinajstić information content (AvgIpc) is 2.14. The molecule has 0 amide bonds. The molecule has 3 aliphatic rings. The first-order chi connectivity index (χ1) is 7.84. The van der Waals surface area contributed by atoms with Gasteiger partial charge in [-0.05, 0) is 0 Å². The molecular weight excluding hydrogens is 243 g/mol. The van der Waals surface area contributed by atoms with Gasteiger partial charge in [0.15, 0.2) is 0 Å². The Balaban J connectivity index is 1.76. The summed E-state index contributed by atoms with van der Waals surface area (Å²) in [5, 5.41) is 0. The van der Waals surface area contributed by atoms with Gasteiger partial charge in [-0.3, -0.25) is 9.69 Å². The van der Waals surface area contributed by atoms with E-state index in [4.69, 9.17) is 4.74 Å². The number of halogens is 3. The number of carbonyl (C=O) groups is 2. The number of rotatable bonds is 2. The van der Waals surface area contributed by atoms with Gasteiger partial charge in [-0.25, -0.2) is 4.79 Å². The number of alkyl halides is 3. The van der Waals surface area contributed by atoms with Crippen molar-refractivity contribution in [2.75, 3.05) is 19.6 Å². The van der Waals surface area contributed by atoms with E-state index in [1.807, 2.05) is 0 Å². The predicted molar refractivity (Wildman–Crippen MR) is 46.9 cm³/mol. The van der Waals surface area contributed by atoms with Gasteiger partial charge in [0.05, 0.1) is 18.8 Å². The average molecular weight is 253 g/mol. The van der Waals surface area contributed by atoms with Gasteiger partial charge in [0.25, 0.3) is 0 Å². The zero-order valence-electron chi connectivity index (χ0n) is 8.70. The molecule has 0 N–H and O–H groups in total. The van der Waals surface area contributed by atoms with Crippen molar-refractivity contribution in [2.24, 2.45) is 0 Å². The smallest absolute Gasteiger partial charge is 0.385 e. The summed E-state index contributed by atoms with van der Waals surface area (Å²) in [5.74, 6) is -3.66. The van der Waals surface area contributed by atoms with Crippen LogP contribution >= 0.6 is 0 Å². The largest absolute Gasteiger partial charge is 0.491 e. The number of esters is 2. The molecule has 17 heavy (non-hydrogen) atoms. The molecule has 3 rings (SSSR count). The van der Waals surface area contributed by atoms with Gasteiger partial charge in [0, 0.05) is 19.5 Å². The predicted octanol–water partition coefficient (Wildman–Crippen LogP) is 0.0916. The fourth-order valence-corrected chi connectivity index (χ4v) is 1.95. The van der Waals surface area contributed by atoms with Crippen LogP contribution in [0.5, 0.6) is 0 Å². The second kappa shape index (κ2) is 4.26. The number of piperidine rings is 1. The highest BCUT2D eigenvalue weighted by molar-refractivity contribution is 5.89. The normalized spacial score (nSPS) is 28.4. The van der Waals surface area contributed by atoms with E-state index in [-0.39, 0.29) is 18.8 Å². The van der Waals surface area contributed by atoms with Crippen LogP contribution in [-0.4, -0.2) is 54.9 Å². The van der Waals surface area contributed by atoms with Gasteiger partial charge in [-0.1, -0.05) is 0 Å². The highest BCUT2D eigenvalue weighted by Gasteiger charge is 2.43. The van der Waals surface area contributed by atoms with Crippen molar-refractivity contribution >= 4 is 11.9 Å². The third-order valence-electron chi connectivity index (χ3n) is 2.63. The second-order valence-electron chi connectivity index (χ2n) is 4.07. The Hall–Kier alpha value is -1.15. The van der Waals surface area contributed by atoms with Gasteiger partial charge in [0.1, 0.15) is 0 Å². The van der Waals surface area contributed by atoms with Crippen LogP contribution in [0.1, 0.15) is 6.42 Å². The maximum absolute atomic E-state index is 11.8. The van der Waals surface area contributed by atoms with Crippen molar-refractivity contribution in [3.63, 3.8) is 0 Å². The fraction of sp³-hybridized carbons (Fsp3) is 0.778. The van der Waals surface area contributed by atoms with Crippen molar-refractivity contribution in [2.45, 2.75) is 24.8 Å². The SMILES string of the molecule is O=C(CN1CC2CC(C1)O2)OC(=O)C(F)(F)F. The molecule has 0 aliphatic carbocycles. The highest BCUT2D eigenvalue weighted by Crippen LogP contribution is 2.27. The van der Waals surface area contributed by atoms with E-state index >= 15 is 0 Å². The molecule has 0 radical (unpaired) electrons. The van der Waals surface area contributed by atoms with Crippen molar-refractivity contribution in [3.05, 3.63) is 0 Å². The molecule has 3 heterocycles. The minimum atomic E-state index is -5.14. The molecule has 2 bridgehead atoms. The lowest BCUT2D eigenvalue weighted by molar-refractivity contribution is -0.205. The Kier molecular flexibility index (Phi) is 3.09. The molecule has 96 valence electrons. The Morgan fingerprint density at radius 3 is 2.29 bits per heavy atom. The van der Waals surface area contributed by atoms with Crippen LogP contribution in [0.15, 0.2) is 0 Å². The van der Waals surface area contributed by atoms with E-state index in [1.54, 1.807) is 4.90 Å². The van der Waals surface area contributed by atoms with Gasteiger partial charge < -0.3 is 9.47 Å². The van der Waals surface area contributed by atoms with E-state index in [1.165, 1.54) is 0 Å². The first kappa shape index (κ1) is 12.3. The van der Waals surface area contributed by atoms with Gasteiger partial charge in [-0.15, -0.1) is 0 Å². The summed E-state index contributed by atoms with van der Waals surface area (Å²) < 4.78 is 44.4. The van der Waals surface area contributed by atoms with Crippen LogP contribution < -0.4 is 0 Å². The summed E-state index contributed by atoms with van der Waals surface area (Å²) >= 11 is 0. The molecule has 5 nitrogen and oxygen atoms in total. The topological polar surface area (TPSA) is 55.8 Å². The fourth-order valence-electron chi connectivity index (χ4n) is 1.95. The van der Waals surface area contributed by atoms with Crippen LogP contribution in [0.4, 0.5) is 13.2 Å². The number of hydrogen-bond acceptors (Lipinski definition) is 5. The molecule has 3 saturated heterocycles. The Morgan fingerprint density at radius 1 is 1.29 bits per heavy atom. The number of nitrogens with zero attached hydrogens (tertiary/aromatic N) is 1. The molecule has 2 unspecified atom stereocenters. The lowest BCUT2D eigenvalue weighted by Crippen LogP contribution is -2.58. The summed E-state index contributed by atoms with van der Waals surface area (Å²) in [6, 6.07) is 0. The molecule has 0 aromatic carbocycles. The molecule has 0 aromatic heterocycles. The third kappa shape index (κ3) is 2.95. The Bertz CT molecular complexity index is 328. The zero-order valence-corrected chi connectivity index (χ0v) is 8.70. The molecule has 8 heteroatoms. The van der Waals surface area contributed by atoms with E-state index in [0.717, 1.165) is 6.42 Å². The van der Waals surface area contributed by atoms with Gasteiger partial charge in [0.2, 0.25) is 0 Å². The summed E-state index contributed by atoms with van der Waals surface area (Å²) in [4.78, 5) is 23.1. The van der Waals surface area contributed by atoms with Crippen molar-refractivity contribution < 1.29 is 32.2 Å².